The van der Waals surface area contributed by atoms with Gasteiger partial charge in [0, 0.05) is 11.1 Å². The minimum Gasteiger partial charge on any atom is -0.481 e. The van der Waals surface area contributed by atoms with Crippen LogP contribution in [0.1, 0.15) is 24.8 Å². The summed E-state index contributed by atoms with van der Waals surface area (Å²) >= 11 is 5.81. The van der Waals surface area contributed by atoms with Crippen LogP contribution in [-0.4, -0.2) is 25.5 Å². The average Bonchev–Trinajstić information content (AvgIpc) is 2.76. The molecule has 7 heteroatoms. The normalized spacial score (nSPS) is 22.9. The van der Waals surface area contributed by atoms with Crippen LogP contribution >= 0.6 is 11.6 Å². The van der Waals surface area contributed by atoms with E-state index in [1.54, 1.807) is 13.0 Å². The quantitative estimate of drug-likeness (QED) is 0.891. The Kier molecular flexibility index (Phi) is 4.36. The van der Waals surface area contributed by atoms with E-state index in [-0.39, 0.29) is 10.9 Å². The molecule has 0 spiro atoms. The van der Waals surface area contributed by atoms with Crippen molar-refractivity contribution in [1.29, 1.82) is 0 Å². The smallest absolute Gasteiger partial charge is 0.306 e. The summed E-state index contributed by atoms with van der Waals surface area (Å²) in [7, 11) is -3.64. The summed E-state index contributed by atoms with van der Waals surface area (Å²) in [5, 5.41) is 9.41. The molecule has 2 atom stereocenters. The third-order valence-electron chi connectivity index (χ3n) is 3.53. The molecule has 1 aliphatic carbocycles. The molecular weight excluding hydrogens is 302 g/mol. The summed E-state index contributed by atoms with van der Waals surface area (Å²) in [6.07, 6.45) is 1.38. The number of hydrogen-bond acceptors (Lipinski definition) is 3. The molecule has 1 aliphatic rings. The molecule has 0 unspecified atom stereocenters. The molecule has 1 aromatic carbocycles. The van der Waals surface area contributed by atoms with Crippen LogP contribution in [-0.2, 0) is 14.8 Å². The lowest BCUT2D eigenvalue weighted by atomic mass is 10.1. The van der Waals surface area contributed by atoms with Crippen molar-refractivity contribution >= 4 is 27.6 Å². The highest BCUT2D eigenvalue weighted by molar-refractivity contribution is 7.89. The summed E-state index contributed by atoms with van der Waals surface area (Å²) in [6.45, 7) is 1.68. The van der Waals surface area contributed by atoms with Crippen molar-refractivity contribution in [1.82, 2.24) is 4.72 Å². The van der Waals surface area contributed by atoms with Gasteiger partial charge in [0.25, 0.3) is 0 Å². The minimum absolute atomic E-state index is 0.181. The number of halogens is 1. The third kappa shape index (κ3) is 3.31. The summed E-state index contributed by atoms with van der Waals surface area (Å²) in [4.78, 5) is 11.1. The fourth-order valence-corrected chi connectivity index (χ4v) is 4.25. The van der Waals surface area contributed by atoms with E-state index in [2.05, 4.69) is 4.72 Å². The Hall–Kier alpha value is -1.11. The van der Waals surface area contributed by atoms with E-state index in [9.17, 15) is 13.2 Å². The van der Waals surface area contributed by atoms with E-state index in [0.29, 0.717) is 29.8 Å². The zero-order valence-corrected chi connectivity index (χ0v) is 12.5. The van der Waals surface area contributed by atoms with E-state index in [0.717, 1.165) is 0 Å². The standard InChI is InChI=1S/C13H16ClNO4S/c1-8-6-10(14)3-5-12(8)20(18,19)15-11-4-2-9(7-11)13(16)17/h3,5-6,9,11,15H,2,4,7H2,1H3,(H,16,17)/t9-,11+/m1/s1. The fraction of sp³-hybridized carbons (Fsp3) is 0.462. The first-order valence-corrected chi connectivity index (χ1v) is 8.17. The summed E-state index contributed by atoms with van der Waals surface area (Å²) in [5.74, 6) is -1.33. The van der Waals surface area contributed by atoms with Crippen LogP contribution in [0.4, 0.5) is 0 Å². The molecule has 1 saturated carbocycles. The molecule has 0 bridgehead atoms. The lowest BCUT2D eigenvalue weighted by molar-refractivity contribution is -0.141. The van der Waals surface area contributed by atoms with Gasteiger partial charge in [0.1, 0.15) is 0 Å². The maximum absolute atomic E-state index is 12.3. The second-order valence-electron chi connectivity index (χ2n) is 5.08. The zero-order valence-electron chi connectivity index (χ0n) is 11.0. The molecule has 0 radical (unpaired) electrons. The number of carboxylic acids is 1. The first-order valence-electron chi connectivity index (χ1n) is 6.31. The van der Waals surface area contributed by atoms with Crippen molar-refractivity contribution in [3.05, 3.63) is 28.8 Å². The fourth-order valence-electron chi connectivity index (χ4n) is 2.51. The zero-order chi connectivity index (χ0) is 14.9. The van der Waals surface area contributed by atoms with E-state index in [1.165, 1.54) is 12.1 Å². The van der Waals surface area contributed by atoms with Gasteiger partial charge in [0.2, 0.25) is 10.0 Å². The van der Waals surface area contributed by atoms with Gasteiger partial charge in [-0.2, -0.15) is 0 Å². The van der Waals surface area contributed by atoms with Crippen LogP contribution in [0.15, 0.2) is 23.1 Å². The van der Waals surface area contributed by atoms with E-state index in [4.69, 9.17) is 16.7 Å². The Bertz CT molecular complexity index is 629. The predicted molar refractivity (Wildman–Crippen MR) is 75.3 cm³/mol. The first kappa shape index (κ1) is 15.3. The van der Waals surface area contributed by atoms with Gasteiger partial charge < -0.3 is 5.11 Å². The minimum atomic E-state index is -3.64. The molecule has 110 valence electrons. The summed E-state index contributed by atoms with van der Waals surface area (Å²) in [5.41, 5.74) is 0.567. The number of nitrogens with one attached hydrogen (secondary N) is 1. The number of rotatable bonds is 4. The number of aliphatic carboxylic acids is 1. The Morgan fingerprint density at radius 3 is 2.65 bits per heavy atom. The number of carbonyl (C=O) groups is 1. The lowest BCUT2D eigenvalue weighted by Crippen LogP contribution is -2.33. The van der Waals surface area contributed by atoms with E-state index >= 15 is 0 Å². The van der Waals surface area contributed by atoms with Crippen molar-refractivity contribution < 1.29 is 18.3 Å². The molecular formula is C13H16ClNO4S. The highest BCUT2D eigenvalue weighted by Gasteiger charge is 2.32. The molecule has 0 aromatic heterocycles. The molecule has 5 nitrogen and oxygen atoms in total. The van der Waals surface area contributed by atoms with Crippen molar-refractivity contribution in [3.63, 3.8) is 0 Å². The van der Waals surface area contributed by atoms with Crippen molar-refractivity contribution in [2.75, 3.05) is 0 Å². The van der Waals surface area contributed by atoms with Crippen LogP contribution in [0.25, 0.3) is 0 Å². The molecule has 2 rings (SSSR count). The van der Waals surface area contributed by atoms with Gasteiger partial charge >= 0.3 is 5.97 Å². The van der Waals surface area contributed by atoms with Crippen LogP contribution in [0.2, 0.25) is 5.02 Å². The van der Waals surface area contributed by atoms with Gasteiger partial charge in [-0.1, -0.05) is 11.6 Å². The Morgan fingerprint density at radius 2 is 2.10 bits per heavy atom. The molecule has 0 amide bonds. The second-order valence-corrected chi connectivity index (χ2v) is 7.20. The van der Waals surface area contributed by atoms with Gasteiger partial charge in [-0.05, 0) is 49.9 Å². The maximum Gasteiger partial charge on any atom is 0.306 e. The number of aryl methyl sites for hydroxylation is 1. The van der Waals surface area contributed by atoms with Gasteiger partial charge in [-0.25, -0.2) is 13.1 Å². The van der Waals surface area contributed by atoms with Gasteiger partial charge in [0.15, 0.2) is 0 Å². The number of sulfonamides is 1. The monoisotopic (exact) mass is 317 g/mol. The number of hydrogen-bond donors (Lipinski definition) is 2. The molecule has 1 aromatic rings. The van der Waals surface area contributed by atoms with Crippen LogP contribution < -0.4 is 4.72 Å². The molecule has 2 N–H and O–H groups in total. The van der Waals surface area contributed by atoms with Crippen LogP contribution in [0, 0.1) is 12.8 Å². The largest absolute Gasteiger partial charge is 0.481 e. The summed E-state index contributed by atoms with van der Waals surface area (Å²) < 4.78 is 27.2. The topological polar surface area (TPSA) is 83.5 Å². The van der Waals surface area contributed by atoms with E-state index in [1.807, 2.05) is 0 Å². The third-order valence-corrected chi connectivity index (χ3v) is 5.45. The van der Waals surface area contributed by atoms with Crippen LogP contribution in [0.3, 0.4) is 0 Å². The molecule has 1 fully saturated rings. The Balaban J connectivity index is 2.14. The van der Waals surface area contributed by atoms with E-state index < -0.39 is 21.9 Å². The lowest BCUT2D eigenvalue weighted by Gasteiger charge is -2.14. The predicted octanol–water partition coefficient (Wildman–Crippen LogP) is 2.18. The first-order chi connectivity index (χ1) is 9.29. The van der Waals surface area contributed by atoms with Gasteiger partial charge in [-0.15, -0.1) is 0 Å². The summed E-state index contributed by atoms with van der Waals surface area (Å²) in [6, 6.07) is 4.25. The second kappa shape index (κ2) is 5.71. The SMILES string of the molecule is Cc1cc(Cl)ccc1S(=O)(=O)N[C@H]1CC[C@@H](C(=O)O)C1. The maximum atomic E-state index is 12.3. The number of carboxylic acid groups (broad SMARTS) is 1. The highest BCUT2D eigenvalue weighted by atomic mass is 35.5. The molecule has 0 saturated heterocycles. The van der Waals surface area contributed by atoms with Crippen molar-refractivity contribution in [2.24, 2.45) is 5.92 Å². The average molecular weight is 318 g/mol. The molecule has 0 heterocycles. The van der Waals surface area contributed by atoms with Gasteiger partial charge in [-0.3, -0.25) is 4.79 Å². The van der Waals surface area contributed by atoms with Crippen molar-refractivity contribution in [2.45, 2.75) is 37.1 Å². The molecule has 0 aliphatic heterocycles. The Labute approximate surface area is 123 Å². The number of benzene rings is 1. The Morgan fingerprint density at radius 1 is 1.40 bits per heavy atom. The van der Waals surface area contributed by atoms with Gasteiger partial charge in [0.05, 0.1) is 10.8 Å². The highest BCUT2D eigenvalue weighted by Crippen LogP contribution is 2.27. The molecule has 20 heavy (non-hydrogen) atoms. The van der Waals surface area contributed by atoms with Crippen LogP contribution in [0.5, 0.6) is 0 Å². The van der Waals surface area contributed by atoms with Crippen molar-refractivity contribution in [3.8, 4) is 0 Å².